The minimum atomic E-state index is 0.514. The van der Waals surface area contributed by atoms with E-state index in [1.165, 1.54) is 0 Å². The van der Waals surface area contributed by atoms with Crippen molar-refractivity contribution in [2.75, 3.05) is 0 Å². The van der Waals surface area contributed by atoms with Crippen LogP contribution in [0.5, 0.6) is 0 Å². The van der Waals surface area contributed by atoms with Gasteiger partial charge in [0, 0.05) is 12.4 Å². The number of hydrogen-bond acceptors (Lipinski definition) is 4. The molecule has 5 nitrogen and oxygen atoms in total. The lowest BCUT2D eigenvalue weighted by Gasteiger charge is -1.91. The van der Waals surface area contributed by atoms with E-state index < -0.39 is 0 Å². The van der Waals surface area contributed by atoms with Crippen LogP contribution in [-0.4, -0.2) is 25.9 Å². The molecule has 0 N–H and O–H groups in total. The quantitative estimate of drug-likeness (QED) is 0.620. The molecule has 0 atom stereocenters. The normalized spacial score (nSPS) is 10.6. The van der Waals surface area contributed by atoms with Gasteiger partial charge in [0.2, 0.25) is 5.82 Å². The van der Waals surface area contributed by atoms with E-state index in [1.54, 1.807) is 29.0 Å². The number of carbonyl (C=O) groups excluding carboxylic acids is 1. The standard InChI is InChI=1S/C12H8N4O/c17-8-9-4-3-7-16-12(9)14-11(15-16)10-5-1-2-6-13-10/h1-8H. The number of nitrogens with zero attached hydrogens (tertiary/aromatic N) is 4. The molecule has 5 heteroatoms. The summed E-state index contributed by atoms with van der Waals surface area (Å²) in [6, 6.07) is 8.99. The van der Waals surface area contributed by atoms with Crippen molar-refractivity contribution in [3.63, 3.8) is 0 Å². The van der Waals surface area contributed by atoms with Crippen LogP contribution >= 0.6 is 0 Å². The summed E-state index contributed by atoms with van der Waals surface area (Å²) in [5, 5.41) is 4.28. The Hall–Kier alpha value is -2.56. The molecule has 0 aliphatic carbocycles. The Balaban J connectivity index is 2.24. The first kappa shape index (κ1) is 9.65. The molecule has 0 saturated heterocycles. The summed E-state index contributed by atoms with van der Waals surface area (Å²) in [6.07, 6.45) is 4.20. The molecule has 0 aliphatic rings. The smallest absolute Gasteiger partial charge is 0.200 e. The molecule has 0 bridgehead atoms. The molecular weight excluding hydrogens is 216 g/mol. The fraction of sp³-hybridized carbons (Fsp3) is 0. The lowest BCUT2D eigenvalue weighted by molar-refractivity contribution is 0.112. The number of rotatable bonds is 2. The van der Waals surface area contributed by atoms with Crippen LogP contribution in [0.15, 0.2) is 42.7 Å². The zero-order chi connectivity index (χ0) is 11.7. The Morgan fingerprint density at radius 1 is 1.18 bits per heavy atom. The number of hydrogen-bond donors (Lipinski definition) is 0. The number of aromatic nitrogens is 4. The van der Waals surface area contributed by atoms with Gasteiger partial charge in [-0.25, -0.2) is 9.50 Å². The molecule has 0 fully saturated rings. The second kappa shape index (κ2) is 3.79. The summed E-state index contributed by atoms with van der Waals surface area (Å²) in [6.45, 7) is 0. The highest BCUT2D eigenvalue weighted by atomic mass is 16.1. The number of pyridine rings is 2. The molecule has 0 spiro atoms. The topological polar surface area (TPSA) is 60.2 Å². The second-order valence-electron chi connectivity index (χ2n) is 3.50. The van der Waals surface area contributed by atoms with Crippen LogP contribution < -0.4 is 0 Å². The van der Waals surface area contributed by atoms with E-state index in [2.05, 4.69) is 15.1 Å². The monoisotopic (exact) mass is 224 g/mol. The van der Waals surface area contributed by atoms with E-state index in [0.29, 0.717) is 22.7 Å². The fourth-order valence-corrected chi connectivity index (χ4v) is 1.62. The molecule has 3 aromatic heterocycles. The Kier molecular flexibility index (Phi) is 2.15. The lowest BCUT2D eigenvalue weighted by Crippen LogP contribution is -1.90. The largest absolute Gasteiger partial charge is 0.298 e. The highest BCUT2D eigenvalue weighted by Crippen LogP contribution is 2.14. The molecular formula is C12H8N4O. The molecule has 0 aliphatic heterocycles. The van der Waals surface area contributed by atoms with E-state index in [-0.39, 0.29) is 0 Å². The van der Waals surface area contributed by atoms with Crippen molar-refractivity contribution in [2.24, 2.45) is 0 Å². The van der Waals surface area contributed by atoms with Gasteiger partial charge in [-0.05, 0) is 24.3 Å². The zero-order valence-corrected chi connectivity index (χ0v) is 8.82. The van der Waals surface area contributed by atoms with Crippen LogP contribution in [0.3, 0.4) is 0 Å². The highest BCUT2D eigenvalue weighted by Gasteiger charge is 2.09. The van der Waals surface area contributed by atoms with Gasteiger partial charge < -0.3 is 0 Å². The Bertz CT molecular complexity index is 675. The molecule has 0 unspecified atom stereocenters. The third kappa shape index (κ3) is 1.57. The fourth-order valence-electron chi connectivity index (χ4n) is 1.62. The first-order valence-electron chi connectivity index (χ1n) is 5.10. The Morgan fingerprint density at radius 3 is 2.88 bits per heavy atom. The molecule has 0 radical (unpaired) electrons. The molecule has 0 amide bonds. The molecule has 3 aromatic rings. The summed E-state index contributed by atoms with van der Waals surface area (Å²) >= 11 is 0. The average Bonchev–Trinajstić information content (AvgIpc) is 2.83. The van der Waals surface area contributed by atoms with Crippen LogP contribution in [0.1, 0.15) is 10.4 Å². The van der Waals surface area contributed by atoms with Gasteiger partial charge in [-0.3, -0.25) is 9.78 Å². The Labute approximate surface area is 96.8 Å². The molecule has 17 heavy (non-hydrogen) atoms. The molecule has 0 saturated carbocycles. The van der Waals surface area contributed by atoms with Crippen molar-refractivity contribution in [1.29, 1.82) is 0 Å². The molecule has 3 heterocycles. The second-order valence-corrected chi connectivity index (χ2v) is 3.50. The van der Waals surface area contributed by atoms with Crippen molar-refractivity contribution in [3.8, 4) is 11.5 Å². The minimum Gasteiger partial charge on any atom is -0.298 e. The summed E-state index contributed by atoms with van der Waals surface area (Å²) in [5.41, 5.74) is 1.75. The maximum Gasteiger partial charge on any atom is 0.200 e. The van der Waals surface area contributed by atoms with Crippen LogP contribution in [0.2, 0.25) is 0 Å². The summed E-state index contributed by atoms with van der Waals surface area (Å²) in [4.78, 5) is 19.4. The van der Waals surface area contributed by atoms with Crippen LogP contribution in [0, 0.1) is 0 Å². The van der Waals surface area contributed by atoms with Crippen molar-refractivity contribution < 1.29 is 4.79 Å². The van der Waals surface area contributed by atoms with Gasteiger partial charge in [0.25, 0.3) is 0 Å². The van der Waals surface area contributed by atoms with Crippen LogP contribution in [0.4, 0.5) is 0 Å². The number of carbonyl (C=O) groups is 1. The predicted octanol–water partition coefficient (Wildman–Crippen LogP) is 1.60. The van der Waals surface area contributed by atoms with Crippen molar-refractivity contribution in [1.82, 2.24) is 19.6 Å². The molecule has 82 valence electrons. The van der Waals surface area contributed by atoms with Crippen LogP contribution in [-0.2, 0) is 0 Å². The van der Waals surface area contributed by atoms with E-state index in [1.807, 2.05) is 18.2 Å². The summed E-state index contributed by atoms with van der Waals surface area (Å²) < 4.78 is 1.58. The summed E-state index contributed by atoms with van der Waals surface area (Å²) in [5.74, 6) is 0.514. The molecule has 3 rings (SSSR count). The van der Waals surface area contributed by atoms with Crippen LogP contribution in [0.25, 0.3) is 17.2 Å². The van der Waals surface area contributed by atoms with Gasteiger partial charge >= 0.3 is 0 Å². The lowest BCUT2D eigenvalue weighted by atomic mass is 10.3. The van der Waals surface area contributed by atoms with Gasteiger partial charge in [-0.15, -0.1) is 5.10 Å². The summed E-state index contributed by atoms with van der Waals surface area (Å²) in [7, 11) is 0. The maximum atomic E-state index is 10.9. The minimum absolute atomic E-state index is 0.514. The number of aldehydes is 1. The zero-order valence-electron chi connectivity index (χ0n) is 8.82. The first-order valence-corrected chi connectivity index (χ1v) is 5.10. The van der Waals surface area contributed by atoms with E-state index >= 15 is 0 Å². The van der Waals surface area contributed by atoms with Gasteiger partial charge in [-0.2, -0.15) is 0 Å². The first-order chi connectivity index (χ1) is 8.38. The highest BCUT2D eigenvalue weighted by molar-refractivity contribution is 5.84. The maximum absolute atomic E-state index is 10.9. The van der Waals surface area contributed by atoms with Crippen molar-refractivity contribution >= 4 is 11.9 Å². The van der Waals surface area contributed by atoms with E-state index in [0.717, 1.165) is 6.29 Å². The van der Waals surface area contributed by atoms with Crippen molar-refractivity contribution in [2.45, 2.75) is 0 Å². The van der Waals surface area contributed by atoms with Gasteiger partial charge in [-0.1, -0.05) is 6.07 Å². The average molecular weight is 224 g/mol. The van der Waals surface area contributed by atoms with Gasteiger partial charge in [0.1, 0.15) is 5.69 Å². The van der Waals surface area contributed by atoms with E-state index in [9.17, 15) is 4.79 Å². The van der Waals surface area contributed by atoms with Gasteiger partial charge in [0.05, 0.1) is 5.56 Å². The Morgan fingerprint density at radius 2 is 2.12 bits per heavy atom. The third-order valence-electron chi connectivity index (χ3n) is 2.41. The van der Waals surface area contributed by atoms with Gasteiger partial charge in [0.15, 0.2) is 11.9 Å². The predicted molar refractivity (Wildman–Crippen MR) is 61.6 cm³/mol. The van der Waals surface area contributed by atoms with E-state index in [4.69, 9.17) is 0 Å². The third-order valence-corrected chi connectivity index (χ3v) is 2.41. The SMILES string of the molecule is O=Cc1cccn2nc(-c3ccccn3)nc12. The molecule has 0 aromatic carbocycles. The van der Waals surface area contributed by atoms with Crippen molar-refractivity contribution in [3.05, 3.63) is 48.3 Å². The number of fused-ring (bicyclic) bond motifs is 1.